The fourth-order valence-corrected chi connectivity index (χ4v) is 1.07. The van der Waals surface area contributed by atoms with Crippen LogP contribution in [0.5, 0.6) is 0 Å². The molecule has 0 aromatic carbocycles. The van der Waals surface area contributed by atoms with Gasteiger partial charge in [-0.2, -0.15) is 0 Å². The average molecular weight is 227 g/mol. The van der Waals surface area contributed by atoms with E-state index in [0.717, 1.165) is 11.3 Å². The molecule has 0 saturated heterocycles. The molecule has 1 heterocycles. The summed E-state index contributed by atoms with van der Waals surface area (Å²) in [4.78, 5) is 15.8. The van der Waals surface area contributed by atoms with Crippen LogP contribution in [0, 0.1) is 12.3 Å². The van der Waals surface area contributed by atoms with Crippen LogP contribution in [0.2, 0.25) is 0 Å². The van der Waals surface area contributed by atoms with Gasteiger partial charge < -0.3 is 5.32 Å². The first kappa shape index (κ1) is 12.0. The van der Waals surface area contributed by atoms with Crippen molar-refractivity contribution >= 4 is 23.2 Å². The number of carbonyl (C=O) groups excluding carboxylic acids is 1. The number of hydrogen-bond acceptors (Lipinski definition) is 2. The second kappa shape index (κ2) is 4.62. The van der Waals surface area contributed by atoms with E-state index in [9.17, 15) is 4.79 Å². The normalized spacial score (nSPS) is 11.2. The van der Waals surface area contributed by atoms with Crippen molar-refractivity contribution in [3.63, 3.8) is 0 Å². The van der Waals surface area contributed by atoms with E-state index in [1.807, 2.05) is 13.0 Å². The molecule has 0 unspecified atom stereocenters. The van der Waals surface area contributed by atoms with Gasteiger partial charge in [0.05, 0.1) is 17.3 Å². The number of aromatic nitrogens is 1. The highest BCUT2D eigenvalue weighted by Gasteiger charge is 2.26. The van der Waals surface area contributed by atoms with Gasteiger partial charge in [0, 0.05) is 12.1 Å². The van der Waals surface area contributed by atoms with E-state index in [0.29, 0.717) is 0 Å². The lowest BCUT2D eigenvalue weighted by Gasteiger charge is -2.20. The van der Waals surface area contributed by atoms with Crippen molar-refractivity contribution in [2.24, 2.45) is 5.41 Å². The SMILES string of the molecule is Cc1ccncc1NC(=O)C(C)(C)CCl. The summed E-state index contributed by atoms with van der Waals surface area (Å²) >= 11 is 5.72. The highest BCUT2D eigenvalue weighted by atomic mass is 35.5. The van der Waals surface area contributed by atoms with E-state index in [4.69, 9.17) is 11.6 Å². The lowest BCUT2D eigenvalue weighted by atomic mass is 9.95. The molecular formula is C11H15ClN2O. The first-order valence-electron chi connectivity index (χ1n) is 4.75. The molecule has 4 heteroatoms. The second-order valence-corrected chi connectivity index (χ2v) is 4.43. The monoisotopic (exact) mass is 226 g/mol. The number of amides is 1. The van der Waals surface area contributed by atoms with Gasteiger partial charge in [-0.1, -0.05) is 0 Å². The van der Waals surface area contributed by atoms with Crippen LogP contribution >= 0.6 is 11.6 Å². The second-order valence-electron chi connectivity index (χ2n) is 4.16. The van der Waals surface area contributed by atoms with E-state index in [1.165, 1.54) is 0 Å². The first-order chi connectivity index (χ1) is 6.97. The molecule has 82 valence electrons. The minimum atomic E-state index is -0.566. The predicted octanol–water partition coefficient (Wildman–Crippen LogP) is 2.59. The number of nitrogens with one attached hydrogen (secondary N) is 1. The van der Waals surface area contributed by atoms with Crippen molar-refractivity contribution in [2.45, 2.75) is 20.8 Å². The summed E-state index contributed by atoms with van der Waals surface area (Å²) in [6, 6.07) is 1.85. The third kappa shape index (κ3) is 2.93. The number of halogens is 1. The lowest BCUT2D eigenvalue weighted by molar-refractivity contribution is -0.122. The van der Waals surface area contributed by atoms with Crippen LogP contribution < -0.4 is 5.32 Å². The Morgan fingerprint density at radius 2 is 2.27 bits per heavy atom. The van der Waals surface area contributed by atoms with Gasteiger partial charge >= 0.3 is 0 Å². The van der Waals surface area contributed by atoms with Gasteiger partial charge in [-0.15, -0.1) is 11.6 Å². The van der Waals surface area contributed by atoms with Crippen LogP contribution in [0.25, 0.3) is 0 Å². The summed E-state index contributed by atoms with van der Waals surface area (Å²) in [7, 11) is 0. The number of carbonyl (C=O) groups is 1. The molecule has 1 rings (SSSR count). The molecule has 1 N–H and O–H groups in total. The predicted molar refractivity (Wildman–Crippen MR) is 62.1 cm³/mol. The molecule has 0 atom stereocenters. The van der Waals surface area contributed by atoms with Crippen molar-refractivity contribution in [2.75, 3.05) is 11.2 Å². The van der Waals surface area contributed by atoms with Gasteiger partial charge in [-0.3, -0.25) is 9.78 Å². The topological polar surface area (TPSA) is 42.0 Å². The quantitative estimate of drug-likeness (QED) is 0.805. The summed E-state index contributed by atoms with van der Waals surface area (Å²) < 4.78 is 0. The Kier molecular flexibility index (Phi) is 3.69. The summed E-state index contributed by atoms with van der Waals surface area (Å²) in [5.74, 6) is 0.201. The molecule has 0 aliphatic heterocycles. The van der Waals surface area contributed by atoms with Crippen molar-refractivity contribution < 1.29 is 4.79 Å². The maximum absolute atomic E-state index is 11.8. The molecular weight excluding hydrogens is 212 g/mol. The molecule has 0 aliphatic rings. The minimum Gasteiger partial charge on any atom is -0.324 e. The number of pyridine rings is 1. The highest BCUT2D eigenvalue weighted by Crippen LogP contribution is 2.21. The highest BCUT2D eigenvalue weighted by molar-refractivity contribution is 6.20. The number of nitrogens with zero attached hydrogens (tertiary/aromatic N) is 1. The Morgan fingerprint density at radius 1 is 1.60 bits per heavy atom. The Hall–Kier alpha value is -1.09. The maximum Gasteiger partial charge on any atom is 0.231 e. The minimum absolute atomic E-state index is 0.0893. The standard InChI is InChI=1S/C11H15ClN2O/c1-8-4-5-13-6-9(8)14-10(15)11(2,3)7-12/h4-6H,7H2,1-3H3,(H,14,15). The van der Waals surface area contributed by atoms with E-state index in [-0.39, 0.29) is 11.8 Å². The van der Waals surface area contributed by atoms with Crippen molar-refractivity contribution in [1.82, 2.24) is 4.98 Å². The van der Waals surface area contributed by atoms with Crippen LogP contribution in [0.15, 0.2) is 18.5 Å². The van der Waals surface area contributed by atoms with Crippen molar-refractivity contribution in [3.05, 3.63) is 24.0 Å². The van der Waals surface area contributed by atoms with Crippen LogP contribution in [-0.2, 0) is 4.79 Å². The molecule has 1 aromatic heterocycles. The molecule has 1 aromatic rings. The van der Waals surface area contributed by atoms with Crippen molar-refractivity contribution in [1.29, 1.82) is 0 Å². The van der Waals surface area contributed by atoms with E-state index >= 15 is 0 Å². The van der Waals surface area contributed by atoms with Gasteiger partial charge in [0.1, 0.15) is 0 Å². The average Bonchev–Trinajstić information content (AvgIpc) is 2.21. The van der Waals surface area contributed by atoms with E-state index in [2.05, 4.69) is 10.3 Å². The zero-order valence-electron chi connectivity index (χ0n) is 9.17. The molecule has 0 bridgehead atoms. The fourth-order valence-electron chi connectivity index (χ4n) is 0.947. The van der Waals surface area contributed by atoms with Crippen LogP contribution in [0.3, 0.4) is 0 Å². The number of hydrogen-bond donors (Lipinski definition) is 1. The molecule has 0 fully saturated rings. The van der Waals surface area contributed by atoms with Gasteiger partial charge in [-0.05, 0) is 32.4 Å². The summed E-state index contributed by atoms with van der Waals surface area (Å²) in [5.41, 5.74) is 1.16. The van der Waals surface area contributed by atoms with Gasteiger partial charge in [0.15, 0.2) is 0 Å². The molecule has 0 spiro atoms. The summed E-state index contributed by atoms with van der Waals surface area (Å²) in [6.45, 7) is 5.53. The molecule has 1 amide bonds. The Morgan fingerprint density at radius 3 is 2.80 bits per heavy atom. The van der Waals surface area contributed by atoms with E-state index < -0.39 is 5.41 Å². The summed E-state index contributed by atoms with van der Waals surface area (Å²) in [6.07, 6.45) is 3.33. The van der Waals surface area contributed by atoms with Gasteiger partial charge in [0.25, 0.3) is 0 Å². The molecule has 0 saturated carbocycles. The number of alkyl halides is 1. The zero-order valence-corrected chi connectivity index (χ0v) is 9.93. The molecule has 0 radical (unpaired) electrons. The summed E-state index contributed by atoms with van der Waals surface area (Å²) in [5, 5.41) is 2.82. The smallest absolute Gasteiger partial charge is 0.231 e. The van der Waals surface area contributed by atoms with E-state index in [1.54, 1.807) is 26.2 Å². The first-order valence-corrected chi connectivity index (χ1v) is 5.29. The number of rotatable bonds is 3. The number of aryl methyl sites for hydroxylation is 1. The maximum atomic E-state index is 11.8. The lowest BCUT2D eigenvalue weighted by Crippen LogP contribution is -2.32. The molecule has 3 nitrogen and oxygen atoms in total. The van der Waals surface area contributed by atoms with Crippen LogP contribution in [-0.4, -0.2) is 16.8 Å². The number of anilines is 1. The Bertz CT molecular complexity index is 363. The molecule has 0 aliphatic carbocycles. The van der Waals surface area contributed by atoms with Crippen molar-refractivity contribution in [3.8, 4) is 0 Å². The van der Waals surface area contributed by atoms with Crippen LogP contribution in [0.4, 0.5) is 5.69 Å². The van der Waals surface area contributed by atoms with Gasteiger partial charge in [-0.25, -0.2) is 0 Å². The fraction of sp³-hybridized carbons (Fsp3) is 0.455. The van der Waals surface area contributed by atoms with Crippen LogP contribution in [0.1, 0.15) is 19.4 Å². The van der Waals surface area contributed by atoms with Gasteiger partial charge in [0.2, 0.25) is 5.91 Å². The Balaban J connectivity index is 2.80. The Labute approximate surface area is 94.9 Å². The largest absolute Gasteiger partial charge is 0.324 e. The third-order valence-electron chi connectivity index (χ3n) is 2.24. The zero-order chi connectivity index (χ0) is 11.5. The third-order valence-corrected chi connectivity index (χ3v) is 2.90. The molecule has 15 heavy (non-hydrogen) atoms.